The fourth-order valence-corrected chi connectivity index (χ4v) is 5.67. The average molecular weight is 338 g/mol. The predicted octanol–water partition coefficient (Wildman–Crippen LogP) is 3.10. The van der Waals surface area contributed by atoms with Crippen LogP contribution < -0.4 is 0 Å². The first-order valence-corrected chi connectivity index (χ1v) is 9.09. The topological polar surface area (TPSA) is 61.8 Å². The van der Waals surface area contributed by atoms with Crippen LogP contribution in [0.1, 0.15) is 60.8 Å². The summed E-state index contributed by atoms with van der Waals surface area (Å²) >= 11 is 0. The zero-order valence-corrected chi connectivity index (χ0v) is 15.6. The van der Waals surface area contributed by atoms with E-state index in [4.69, 9.17) is 14.2 Å². The monoisotopic (exact) mass is 338 g/mol. The van der Waals surface area contributed by atoms with Gasteiger partial charge in [-0.25, -0.2) is 0 Å². The van der Waals surface area contributed by atoms with Crippen molar-refractivity contribution in [2.45, 2.75) is 84.2 Å². The van der Waals surface area contributed by atoms with Gasteiger partial charge in [0.1, 0.15) is 17.8 Å². The van der Waals surface area contributed by atoms with Crippen LogP contribution >= 0.6 is 0 Å². The molecule has 2 heterocycles. The zero-order valence-electron chi connectivity index (χ0n) is 15.6. The van der Waals surface area contributed by atoms with Crippen molar-refractivity contribution in [2.24, 2.45) is 23.7 Å². The molecule has 4 rings (SSSR count). The molecular formula is C19H30O5. The summed E-state index contributed by atoms with van der Waals surface area (Å²) in [5, 5.41) is 0. The molecule has 0 aromatic carbocycles. The SMILES string of the molecule is CC(=O)O[C@H]1C[C@@H]2C[C@H]3C([C@H](OC(C)=O)C[C@H]3C)[C@]1(C)OC2(C)C. The lowest BCUT2D eigenvalue weighted by molar-refractivity contribution is -0.262. The Balaban J connectivity index is 2.03. The molecule has 1 unspecified atom stereocenters. The van der Waals surface area contributed by atoms with Gasteiger partial charge in [0.25, 0.3) is 0 Å². The molecule has 7 atom stereocenters. The molecule has 4 aliphatic rings. The number of carbonyl (C=O) groups excluding carboxylic acids is 2. The van der Waals surface area contributed by atoms with Crippen LogP contribution in [0.15, 0.2) is 0 Å². The molecule has 0 radical (unpaired) electrons. The van der Waals surface area contributed by atoms with Crippen molar-refractivity contribution in [3.05, 3.63) is 0 Å². The van der Waals surface area contributed by atoms with Gasteiger partial charge in [-0.05, 0) is 57.8 Å². The van der Waals surface area contributed by atoms with Crippen LogP contribution in [0.25, 0.3) is 0 Å². The van der Waals surface area contributed by atoms with E-state index in [1.54, 1.807) is 0 Å². The van der Waals surface area contributed by atoms with Crippen LogP contribution in [0.2, 0.25) is 0 Å². The Hall–Kier alpha value is -1.10. The molecular weight excluding hydrogens is 308 g/mol. The van der Waals surface area contributed by atoms with Crippen molar-refractivity contribution < 1.29 is 23.8 Å². The molecule has 0 amide bonds. The van der Waals surface area contributed by atoms with Gasteiger partial charge in [-0.1, -0.05) is 6.92 Å². The summed E-state index contributed by atoms with van der Waals surface area (Å²) in [6.07, 6.45) is 2.25. The van der Waals surface area contributed by atoms with Crippen LogP contribution in [0.4, 0.5) is 0 Å². The van der Waals surface area contributed by atoms with Gasteiger partial charge in [-0.15, -0.1) is 0 Å². The number of ether oxygens (including phenoxy) is 3. The fraction of sp³-hybridized carbons (Fsp3) is 0.895. The van der Waals surface area contributed by atoms with Crippen LogP contribution in [-0.2, 0) is 23.8 Å². The molecule has 5 nitrogen and oxygen atoms in total. The molecule has 2 bridgehead atoms. The van der Waals surface area contributed by atoms with E-state index in [2.05, 4.69) is 27.7 Å². The van der Waals surface area contributed by atoms with Gasteiger partial charge in [0.2, 0.25) is 0 Å². The molecule has 0 N–H and O–H groups in total. The van der Waals surface area contributed by atoms with E-state index in [0.29, 0.717) is 17.8 Å². The van der Waals surface area contributed by atoms with Crippen molar-refractivity contribution >= 4 is 11.9 Å². The Morgan fingerprint density at radius 2 is 1.62 bits per heavy atom. The van der Waals surface area contributed by atoms with Gasteiger partial charge < -0.3 is 14.2 Å². The predicted molar refractivity (Wildman–Crippen MR) is 88.2 cm³/mol. The zero-order chi connectivity index (χ0) is 17.9. The molecule has 2 aliphatic heterocycles. The number of hydrogen-bond acceptors (Lipinski definition) is 5. The van der Waals surface area contributed by atoms with Crippen molar-refractivity contribution in [2.75, 3.05) is 0 Å². The van der Waals surface area contributed by atoms with Crippen LogP contribution in [-0.4, -0.2) is 35.3 Å². The third-order valence-electron chi connectivity index (χ3n) is 6.64. The summed E-state index contributed by atoms with van der Waals surface area (Å²) in [6.45, 7) is 11.5. The quantitative estimate of drug-likeness (QED) is 0.724. The maximum Gasteiger partial charge on any atom is 0.303 e. The normalized spacial score (nSPS) is 46.1. The van der Waals surface area contributed by atoms with Crippen molar-refractivity contribution in [3.8, 4) is 0 Å². The third-order valence-corrected chi connectivity index (χ3v) is 6.64. The second kappa shape index (κ2) is 5.72. The summed E-state index contributed by atoms with van der Waals surface area (Å²) in [7, 11) is 0. The Kier molecular flexibility index (Phi) is 4.22. The molecule has 2 aliphatic carbocycles. The minimum Gasteiger partial charge on any atom is -0.462 e. The molecule has 5 heteroatoms. The smallest absolute Gasteiger partial charge is 0.303 e. The molecule has 136 valence electrons. The molecule has 24 heavy (non-hydrogen) atoms. The van der Waals surface area contributed by atoms with Crippen molar-refractivity contribution in [1.29, 1.82) is 0 Å². The minimum absolute atomic E-state index is 0.0625. The van der Waals surface area contributed by atoms with Crippen molar-refractivity contribution in [1.82, 2.24) is 0 Å². The highest BCUT2D eigenvalue weighted by atomic mass is 16.6. The van der Waals surface area contributed by atoms with E-state index < -0.39 is 5.60 Å². The molecule has 0 aromatic rings. The maximum atomic E-state index is 11.7. The van der Waals surface area contributed by atoms with Crippen LogP contribution in [0, 0.1) is 23.7 Å². The lowest BCUT2D eigenvalue weighted by Crippen LogP contribution is -2.61. The minimum atomic E-state index is -0.627. The van der Waals surface area contributed by atoms with E-state index in [9.17, 15) is 9.59 Å². The van der Waals surface area contributed by atoms with Gasteiger partial charge in [-0.3, -0.25) is 9.59 Å². The summed E-state index contributed by atoms with van der Waals surface area (Å²) < 4.78 is 18.0. The summed E-state index contributed by atoms with van der Waals surface area (Å²) in [5.74, 6) is 0.762. The van der Waals surface area contributed by atoms with Gasteiger partial charge >= 0.3 is 11.9 Å². The van der Waals surface area contributed by atoms with E-state index in [-0.39, 0.29) is 35.7 Å². The van der Waals surface area contributed by atoms with Crippen LogP contribution in [0.5, 0.6) is 0 Å². The summed E-state index contributed by atoms with van der Waals surface area (Å²) in [4.78, 5) is 23.3. The van der Waals surface area contributed by atoms with Gasteiger partial charge in [0, 0.05) is 19.8 Å². The highest BCUT2D eigenvalue weighted by Gasteiger charge is 2.65. The molecule has 4 fully saturated rings. The third kappa shape index (κ3) is 2.75. The van der Waals surface area contributed by atoms with E-state index in [1.807, 2.05) is 0 Å². The Morgan fingerprint density at radius 1 is 1.00 bits per heavy atom. The largest absolute Gasteiger partial charge is 0.462 e. The van der Waals surface area contributed by atoms with Crippen LogP contribution in [0.3, 0.4) is 0 Å². The first-order chi connectivity index (χ1) is 11.0. The number of fused-ring (bicyclic) bond motifs is 2. The number of rotatable bonds is 2. The number of carbonyl (C=O) groups is 2. The highest BCUT2D eigenvalue weighted by molar-refractivity contribution is 5.66. The summed E-state index contributed by atoms with van der Waals surface area (Å²) in [6, 6.07) is 0. The molecule has 0 aromatic heterocycles. The first kappa shape index (κ1) is 17.7. The maximum absolute atomic E-state index is 11.7. The number of hydrogen-bond donors (Lipinski definition) is 0. The average Bonchev–Trinajstić information content (AvgIpc) is 2.58. The van der Waals surface area contributed by atoms with Crippen molar-refractivity contribution in [3.63, 3.8) is 0 Å². The Bertz CT molecular complexity index is 542. The molecule has 2 saturated heterocycles. The summed E-state index contributed by atoms with van der Waals surface area (Å²) in [5.41, 5.74) is -0.895. The lowest BCUT2D eigenvalue weighted by atomic mass is 9.75. The van der Waals surface area contributed by atoms with Gasteiger partial charge in [0.15, 0.2) is 0 Å². The van der Waals surface area contributed by atoms with E-state index in [0.717, 1.165) is 19.3 Å². The van der Waals surface area contributed by atoms with Gasteiger partial charge in [0.05, 0.1) is 5.60 Å². The van der Waals surface area contributed by atoms with E-state index in [1.165, 1.54) is 13.8 Å². The first-order valence-electron chi connectivity index (χ1n) is 9.09. The Labute approximate surface area is 144 Å². The lowest BCUT2D eigenvalue weighted by Gasteiger charge is -2.52. The molecule has 0 spiro atoms. The standard InChI is InChI=1S/C19H30O5/c1-10-7-15(22-11(2)20)17-14(10)8-13-9-16(23-12(3)21)19(17,6)24-18(13,4)5/h10,13-17H,7-9H2,1-6H3/t10-,13+,14-,15-,16+,17?,19-/m1/s1. The van der Waals surface area contributed by atoms with E-state index >= 15 is 0 Å². The molecule has 2 saturated carbocycles. The van der Waals surface area contributed by atoms with Gasteiger partial charge in [-0.2, -0.15) is 0 Å². The fourth-order valence-electron chi connectivity index (χ4n) is 5.67. The Morgan fingerprint density at radius 3 is 2.21 bits per heavy atom. The highest BCUT2D eigenvalue weighted by Crippen LogP contribution is 2.59. The second-order valence-corrected chi connectivity index (χ2v) is 8.71. The number of esters is 2. The second-order valence-electron chi connectivity index (χ2n) is 8.71.